The first-order valence-corrected chi connectivity index (χ1v) is 3.94. The Kier molecular flexibility index (Phi) is 7.89. The number of hydrogen-bond donors (Lipinski definition) is 2. The molecule has 62 valence electrons. The van der Waals surface area contributed by atoms with Crippen molar-refractivity contribution in [3.8, 4) is 0 Å². The molecule has 0 aromatic carbocycles. The molecule has 2 N–H and O–H groups in total. The zero-order chi connectivity index (χ0) is 8.53. The first kappa shape index (κ1) is 10.9. The molecule has 2 radical (unpaired) electrons. The van der Waals surface area contributed by atoms with Crippen molar-refractivity contribution in [3.05, 3.63) is 0 Å². The first-order chi connectivity index (χ1) is 5.27. The van der Waals surface area contributed by atoms with E-state index in [4.69, 9.17) is 12.6 Å². The monoisotopic (exact) mass is 172 g/mol. The van der Waals surface area contributed by atoms with Crippen molar-refractivity contribution >= 4 is 25.0 Å². The van der Waals surface area contributed by atoms with Gasteiger partial charge in [0.05, 0.1) is 13.2 Å². The van der Waals surface area contributed by atoms with Gasteiger partial charge < -0.3 is 15.4 Å². The molecule has 0 aromatic heterocycles. The highest BCUT2D eigenvalue weighted by Gasteiger charge is 1.87. The Balaban J connectivity index is 2.85. The van der Waals surface area contributed by atoms with E-state index in [2.05, 4.69) is 22.9 Å². The second kappa shape index (κ2) is 7.98. The van der Waals surface area contributed by atoms with Gasteiger partial charge in [-0.1, -0.05) is 12.2 Å². The number of likely N-dealkylation sites (N-methyl/N-ethyl adjacent to an activating group) is 1. The Morgan fingerprint density at radius 2 is 2.09 bits per heavy atom. The fraction of sp³-hybridized carbons (Fsp3) is 0.833. The lowest BCUT2D eigenvalue weighted by Crippen LogP contribution is -2.26. The van der Waals surface area contributed by atoms with Crippen molar-refractivity contribution in [1.29, 1.82) is 0 Å². The van der Waals surface area contributed by atoms with E-state index in [1.54, 1.807) is 0 Å². The van der Waals surface area contributed by atoms with Gasteiger partial charge in [-0.2, -0.15) is 0 Å². The van der Waals surface area contributed by atoms with Crippen molar-refractivity contribution in [2.24, 2.45) is 0 Å². The lowest BCUT2D eigenvalue weighted by atomic mass is 10.2. The van der Waals surface area contributed by atoms with Crippen LogP contribution in [0.3, 0.4) is 0 Å². The Bertz CT molecular complexity index is 113. The molecule has 11 heavy (non-hydrogen) atoms. The molecule has 0 aliphatic heterocycles. The molecule has 0 amide bonds. The molecule has 0 spiro atoms. The van der Waals surface area contributed by atoms with E-state index in [0.29, 0.717) is 18.0 Å². The SMILES string of the molecule is [B]C(=S)NCCOCCNC. The average Bonchev–Trinajstić information content (AvgIpc) is 1.96. The fourth-order valence-corrected chi connectivity index (χ4v) is 0.625. The minimum Gasteiger partial charge on any atom is -0.386 e. The summed E-state index contributed by atoms with van der Waals surface area (Å²) in [7, 11) is 7.07. The molecule has 0 unspecified atom stereocenters. The van der Waals surface area contributed by atoms with Gasteiger partial charge in [0.25, 0.3) is 0 Å². The second-order valence-corrected chi connectivity index (χ2v) is 2.45. The van der Waals surface area contributed by atoms with E-state index in [1.165, 1.54) is 0 Å². The van der Waals surface area contributed by atoms with Crippen molar-refractivity contribution < 1.29 is 4.74 Å². The van der Waals surface area contributed by atoms with Crippen LogP contribution in [0.4, 0.5) is 0 Å². The summed E-state index contributed by atoms with van der Waals surface area (Å²) in [6.07, 6.45) is 0. The van der Waals surface area contributed by atoms with E-state index < -0.39 is 0 Å². The lowest BCUT2D eigenvalue weighted by molar-refractivity contribution is 0.142. The van der Waals surface area contributed by atoms with Gasteiger partial charge in [-0.25, -0.2) is 0 Å². The normalized spacial score (nSPS) is 9.55. The van der Waals surface area contributed by atoms with E-state index in [-0.39, 0.29) is 0 Å². The van der Waals surface area contributed by atoms with E-state index in [0.717, 1.165) is 13.2 Å². The standard InChI is InChI=1S/C6H13BN2OS/c1-8-2-4-10-5-3-9-6(7)11/h8H,2-5H2,1H3,(H,9,11). The maximum absolute atomic E-state index is 5.19. The topological polar surface area (TPSA) is 33.3 Å². The minimum absolute atomic E-state index is 0.321. The predicted molar refractivity (Wildman–Crippen MR) is 51.1 cm³/mol. The molecule has 0 atom stereocenters. The third kappa shape index (κ3) is 9.87. The van der Waals surface area contributed by atoms with Gasteiger partial charge in [-0.15, -0.1) is 0 Å². The summed E-state index contributed by atoms with van der Waals surface area (Å²) in [4.78, 5) is 0.321. The quantitative estimate of drug-likeness (QED) is 0.314. The number of nitrogens with one attached hydrogen (secondary N) is 2. The Hall–Kier alpha value is -0.125. The van der Waals surface area contributed by atoms with Crippen LogP contribution in [0.2, 0.25) is 0 Å². The van der Waals surface area contributed by atoms with Crippen LogP contribution in [0, 0.1) is 0 Å². The first-order valence-electron chi connectivity index (χ1n) is 3.53. The molecule has 0 saturated carbocycles. The predicted octanol–water partition coefficient (Wildman–Crippen LogP) is -0.735. The van der Waals surface area contributed by atoms with E-state index >= 15 is 0 Å². The van der Waals surface area contributed by atoms with Crippen LogP contribution in [0.5, 0.6) is 0 Å². The van der Waals surface area contributed by atoms with Gasteiger partial charge in [0.2, 0.25) is 0 Å². The third-order valence-electron chi connectivity index (χ3n) is 1.04. The summed E-state index contributed by atoms with van der Waals surface area (Å²) >= 11 is 4.60. The molecule has 0 saturated heterocycles. The highest BCUT2D eigenvalue weighted by atomic mass is 32.1. The summed E-state index contributed by atoms with van der Waals surface area (Å²) in [5, 5.41) is 5.76. The van der Waals surface area contributed by atoms with E-state index in [1.807, 2.05) is 7.05 Å². The van der Waals surface area contributed by atoms with Gasteiger partial charge in [-0.05, 0) is 7.05 Å². The smallest absolute Gasteiger partial charge is 0.154 e. The molecular weight excluding hydrogens is 159 g/mol. The molecule has 0 rings (SSSR count). The van der Waals surface area contributed by atoms with Crippen molar-refractivity contribution in [1.82, 2.24) is 10.6 Å². The summed E-state index contributed by atoms with van der Waals surface area (Å²) in [6.45, 7) is 2.90. The summed E-state index contributed by atoms with van der Waals surface area (Å²) in [5.41, 5.74) is 0. The van der Waals surface area contributed by atoms with Crippen LogP contribution >= 0.6 is 12.2 Å². The second-order valence-electron chi connectivity index (χ2n) is 2.01. The van der Waals surface area contributed by atoms with Gasteiger partial charge >= 0.3 is 0 Å². The Morgan fingerprint density at radius 3 is 2.64 bits per heavy atom. The molecule has 3 nitrogen and oxygen atoms in total. The number of ether oxygens (including phenoxy) is 1. The highest BCUT2D eigenvalue weighted by molar-refractivity contribution is 7.82. The molecule has 0 aliphatic rings. The molecule has 5 heteroatoms. The summed E-state index contributed by atoms with van der Waals surface area (Å²) < 4.78 is 5.18. The average molecular weight is 172 g/mol. The van der Waals surface area contributed by atoms with Gasteiger partial charge in [0.1, 0.15) is 0 Å². The Morgan fingerprint density at radius 1 is 1.45 bits per heavy atom. The van der Waals surface area contributed by atoms with Crippen LogP contribution in [-0.2, 0) is 4.74 Å². The van der Waals surface area contributed by atoms with Gasteiger partial charge in [0, 0.05) is 18.0 Å². The summed E-state index contributed by atoms with van der Waals surface area (Å²) in [6, 6.07) is 0. The lowest BCUT2D eigenvalue weighted by Gasteiger charge is -2.04. The molecule has 0 heterocycles. The molecule has 0 aliphatic carbocycles. The van der Waals surface area contributed by atoms with Crippen LogP contribution in [0.25, 0.3) is 0 Å². The number of rotatable bonds is 6. The van der Waals surface area contributed by atoms with Crippen LogP contribution in [-0.4, -0.2) is 46.1 Å². The zero-order valence-electron chi connectivity index (χ0n) is 6.72. The molecular formula is C6H13BN2OS. The molecule has 0 bridgehead atoms. The van der Waals surface area contributed by atoms with Crippen LogP contribution in [0.1, 0.15) is 0 Å². The molecule has 0 aromatic rings. The zero-order valence-corrected chi connectivity index (χ0v) is 7.54. The largest absolute Gasteiger partial charge is 0.386 e. The number of hydrogen-bond acceptors (Lipinski definition) is 3. The van der Waals surface area contributed by atoms with Gasteiger partial charge in [-0.3, -0.25) is 0 Å². The van der Waals surface area contributed by atoms with Crippen molar-refractivity contribution in [3.63, 3.8) is 0 Å². The fourth-order valence-electron chi connectivity index (χ4n) is 0.523. The Labute approximate surface area is 74.3 Å². The van der Waals surface area contributed by atoms with Crippen LogP contribution < -0.4 is 10.6 Å². The maximum atomic E-state index is 5.19. The number of thiocarbonyl (C=S) groups is 1. The molecule has 0 fully saturated rings. The van der Waals surface area contributed by atoms with Gasteiger partial charge in [0.15, 0.2) is 7.85 Å². The van der Waals surface area contributed by atoms with Crippen molar-refractivity contribution in [2.75, 3.05) is 33.4 Å². The third-order valence-corrected chi connectivity index (χ3v) is 1.19. The summed E-state index contributed by atoms with van der Waals surface area (Å²) in [5.74, 6) is 0. The van der Waals surface area contributed by atoms with Crippen molar-refractivity contribution in [2.45, 2.75) is 0 Å². The highest BCUT2D eigenvalue weighted by Crippen LogP contribution is 1.71. The minimum atomic E-state index is 0.321. The van der Waals surface area contributed by atoms with Crippen LogP contribution in [0.15, 0.2) is 0 Å². The van der Waals surface area contributed by atoms with E-state index in [9.17, 15) is 0 Å². The maximum Gasteiger partial charge on any atom is 0.154 e.